The zero-order chi connectivity index (χ0) is 18.4. The Labute approximate surface area is 151 Å². The zero-order valence-corrected chi connectivity index (χ0v) is 14.6. The topological polar surface area (TPSA) is 78.1 Å². The van der Waals surface area contributed by atoms with Crippen LogP contribution in [0.5, 0.6) is 0 Å². The quantitative estimate of drug-likeness (QED) is 0.825. The number of aromatic nitrogens is 2. The number of aromatic amines is 1. The van der Waals surface area contributed by atoms with Crippen molar-refractivity contribution in [2.24, 2.45) is 0 Å². The molecule has 6 nitrogen and oxygen atoms in total. The number of benzene rings is 1. The molecule has 0 bridgehead atoms. The van der Waals surface area contributed by atoms with Crippen LogP contribution in [0.2, 0.25) is 0 Å². The molecule has 0 aliphatic carbocycles. The molecule has 7 heteroatoms. The minimum Gasteiger partial charge on any atom is -0.354 e. The summed E-state index contributed by atoms with van der Waals surface area (Å²) < 4.78 is 13.3. The number of carbonyl (C=O) groups is 1. The Morgan fingerprint density at radius 3 is 2.65 bits per heavy atom. The molecule has 1 aliphatic rings. The van der Waals surface area contributed by atoms with Crippen molar-refractivity contribution >= 4 is 5.91 Å². The van der Waals surface area contributed by atoms with Crippen molar-refractivity contribution in [3.8, 4) is 0 Å². The van der Waals surface area contributed by atoms with Crippen LogP contribution in [-0.4, -0.2) is 40.4 Å². The standard InChI is InChI=1S/C19H23FN4O2/c20-16-6-4-14(5-7-16)17(24-8-2-1-3-9-24)12-22-18(25)10-15-11-21-13-23-19(15)26/h4-7,11,13,17H,1-3,8-10,12H2,(H,22,25)(H,21,23,26). The summed E-state index contributed by atoms with van der Waals surface area (Å²) >= 11 is 0. The fourth-order valence-corrected chi connectivity index (χ4v) is 3.32. The van der Waals surface area contributed by atoms with E-state index in [0.717, 1.165) is 31.5 Å². The fourth-order valence-electron chi connectivity index (χ4n) is 3.32. The summed E-state index contributed by atoms with van der Waals surface area (Å²) in [6.07, 6.45) is 6.14. The van der Waals surface area contributed by atoms with Gasteiger partial charge < -0.3 is 10.3 Å². The van der Waals surface area contributed by atoms with Crippen LogP contribution in [0.25, 0.3) is 0 Å². The third-order valence-corrected chi connectivity index (χ3v) is 4.72. The van der Waals surface area contributed by atoms with E-state index < -0.39 is 0 Å². The molecule has 2 N–H and O–H groups in total. The van der Waals surface area contributed by atoms with Crippen LogP contribution < -0.4 is 10.9 Å². The molecule has 1 aromatic heterocycles. The lowest BCUT2D eigenvalue weighted by molar-refractivity contribution is -0.120. The predicted molar refractivity (Wildman–Crippen MR) is 96.1 cm³/mol. The Morgan fingerprint density at radius 1 is 1.23 bits per heavy atom. The first-order valence-corrected chi connectivity index (χ1v) is 8.91. The van der Waals surface area contributed by atoms with Crippen molar-refractivity contribution in [1.82, 2.24) is 20.2 Å². The van der Waals surface area contributed by atoms with Crippen molar-refractivity contribution in [2.45, 2.75) is 31.7 Å². The van der Waals surface area contributed by atoms with E-state index in [1.165, 1.54) is 31.1 Å². The normalized spacial score (nSPS) is 16.2. The van der Waals surface area contributed by atoms with E-state index >= 15 is 0 Å². The number of hydrogen-bond acceptors (Lipinski definition) is 4. The summed E-state index contributed by atoms with van der Waals surface area (Å²) in [6.45, 7) is 2.34. The second kappa shape index (κ2) is 8.71. The molecule has 1 unspecified atom stereocenters. The highest BCUT2D eigenvalue weighted by atomic mass is 19.1. The van der Waals surface area contributed by atoms with E-state index in [2.05, 4.69) is 20.2 Å². The summed E-state index contributed by atoms with van der Waals surface area (Å²) in [4.78, 5) is 32.6. The Morgan fingerprint density at radius 2 is 1.96 bits per heavy atom. The second-order valence-corrected chi connectivity index (χ2v) is 6.55. The molecule has 1 aliphatic heterocycles. The van der Waals surface area contributed by atoms with E-state index in [0.29, 0.717) is 12.1 Å². The molecule has 2 aromatic rings. The molecule has 1 saturated heterocycles. The first-order valence-electron chi connectivity index (χ1n) is 8.91. The molecule has 1 amide bonds. The first-order chi connectivity index (χ1) is 12.6. The number of piperidine rings is 1. The number of likely N-dealkylation sites (tertiary alicyclic amines) is 1. The summed E-state index contributed by atoms with van der Waals surface area (Å²) in [6, 6.07) is 6.43. The number of nitrogens with zero attached hydrogens (tertiary/aromatic N) is 2. The third-order valence-electron chi connectivity index (χ3n) is 4.72. The lowest BCUT2D eigenvalue weighted by Gasteiger charge is -2.35. The van der Waals surface area contributed by atoms with Crippen LogP contribution in [0.3, 0.4) is 0 Å². The van der Waals surface area contributed by atoms with Crippen LogP contribution in [0.15, 0.2) is 41.6 Å². The summed E-state index contributed by atoms with van der Waals surface area (Å²) in [5, 5.41) is 2.91. The number of H-pyrrole nitrogens is 1. The van der Waals surface area contributed by atoms with Gasteiger partial charge in [0.05, 0.1) is 18.8 Å². The highest BCUT2D eigenvalue weighted by Crippen LogP contribution is 2.24. The summed E-state index contributed by atoms with van der Waals surface area (Å²) in [5.41, 5.74) is 1.01. The maximum atomic E-state index is 13.3. The van der Waals surface area contributed by atoms with Gasteiger partial charge in [0.1, 0.15) is 5.82 Å². The van der Waals surface area contributed by atoms with Crippen molar-refractivity contribution < 1.29 is 9.18 Å². The minimum absolute atomic E-state index is 0.00738. The maximum absolute atomic E-state index is 13.3. The van der Waals surface area contributed by atoms with Gasteiger partial charge in [0, 0.05) is 18.3 Å². The third kappa shape index (κ3) is 4.76. The van der Waals surface area contributed by atoms with Gasteiger partial charge in [0.15, 0.2) is 0 Å². The van der Waals surface area contributed by atoms with E-state index in [-0.39, 0.29) is 29.7 Å². The zero-order valence-electron chi connectivity index (χ0n) is 14.6. The van der Waals surface area contributed by atoms with Crippen molar-refractivity contribution in [1.29, 1.82) is 0 Å². The average Bonchev–Trinajstić information content (AvgIpc) is 2.66. The largest absolute Gasteiger partial charge is 0.354 e. The molecule has 0 spiro atoms. The van der Waals surface area contributed by atoms with E-state index in [9.17, 15) is 14.0 Å². The second-order valence-electron chi connectivity index (χ2n) is 6.55. The number of hydrogen-bond donors (Lipinski definition) is 2. The van der Waals surface area contributed by atoms with Gasteiger partial charge in [0.2, 0.25) is 5.91 Å². The van der Waals surface area contributed by atoms with Crippen LogP contribution in [0, 0.1) is 5.82 Å². The number of nitrogens with one attached hydrogen (secondary N) is 2. The van der Waals surface area contributed by atoms with Gasteiger partial charge in [-0.15, -0.1) is 0 Å². The van der Waals surface area contributed by atoms with Crippen LogP contribution >= 0.6 is 0 Å². The number of rotatable bonds is 6. The van der Waals surface area contributed by atoms with E-state index in [1.807, 2.05) is 0 Å². The average molecular weight is 358 g/mol. The van der Waals surface area contributed by atoms with Gasteiger partial charge in [-0.3, -0.25) is 14.5 Å². The number of carbonyl (C=O) groups excluding carboxylic acids is 1. The summed E-state index contributed by atoms with van der Waals surface area (Å²) in [7, 11) is 0. The van der Waals surface area contributed by atoms with E-state index in [4.69, 9.17) is 0 Å². The molecule has 1 atom stereocenters. The molecule has 138 valence electrons. The van der Waals surface area contributed by atoms with Gasteiger partial charge in [-0.25, -0.2) is 9.37 Å². The molecule has 0 saturated carbocycles. The van der Waals surface area contributed by atoms with Crippen LogP contribution in [0.1, 0.15) is 36.4 Å². The highest BCUT2D eigenvalue weighted by molar-refractivity contribution is 5.78. The first kappa shape index (κ1) is 18.3. The van der Waals surface area contributed by atoms with Crippen LogP contribution in [0.4, 0.5) is 4.39 Å². The molecule has 2 heterocycles. The minimum atomic E-state index is -0.304. The van der Waals surface area contributed by atoms with E-state index in [1.54, 1.807) is 12.1 Å². The molecule has 26 heavy (non-hydrogen) atoms. The SMILES string of the molecule is O=C(Cc1cnc[nH]c1=O)NCC(c1ccc(F)cc1)N1CCCCC1. The predicted octanol–water partition coefficient (Wildman–Crippen LogP) is 1.79. The smallest absolute Gasteiger partial charge is 0.254 e. The highest BCUT2D eigenvalue weighted by Gasteiger charge is 2.23. The van der Waals surface area contributed by atoms with Gasteiger partial charge >= 0.3 is 0 Å². The van der Waals surface area contributed by atoms with Crippen LogP contribution in [-0.2, 0) is 11.2 Å². The lowest BCUT2D eigenvalue weighted by atomic mass is 10.0. The van der Waals surface area contributed by atoms with Gasteiger partial charge in [-0.05, 0) is 43.6 Å². The van der Waals surface area contributed by atoms with Crippen molar-refractivity contribution in [3.63, 3.8) is 0 Å². The van der Waals surface area contributed by atoms with Gasteiger partial charge in [0.25, 0.3) is 5.56 Å². The maximum Gasteiger partial charge on any atom is 0.254 e. The molecule has 1 fully saturated rings. The Balaban J connectivity index is 1.67. The van der Waals surface area contributed by atoms with Crippen molar-refractivity contribution in [3.05, 3.63) is 64.1 Å². The number of amides is 1. The molecular formula is C19H23FN4O2. The van der Waals surface area contributed by atoms with Gasteiger partial charge in [-0.2, -0.15) is 0 Å². The lowest BCUT2D eigenvalue weighted by Crippen LogP contribution is -2.41. The Bertz CT molecular complexity index is 785. The fraction of sp³-hybridized carbons (Fsp3) is 0.421. The Kier molecular flexibility index (Phi) is 6.12. The van der Waals surface area contributed by atoms with Crippen molar-refractivity contribution in [2.75, 3.05) is 19.6 Å². The monoisotopic (exact) mass is 358 g/mol. The molecule has 0 radical (unpaired) electrons. The van der Waals surface area contributed by atoms with Gasteiger partial charge in [-0.1, -0.05) is 18.6 Å². The molecule has 1 aromatic carbocycles. The molecular weight excluding hydrogens is 335 g/mol. The molecule has 3 rings (SSSR count). The summed E-state index contributed by atoms with van der Waals surface area (Å²) in [5.74, 6) is -0.501. The number of halogens is 1. The Hall–Kier alpha value is -2.54.